The molecule has 0 saturated carbocycles. The van der Waals surface area contributed by atoms with Gasteiger partial charge in [0.1, 0.15) is 0 Å². The van der Waals surface area contributed by atoms with Gasteiger partial charge in [-0.25, -0.2) is 8.42 Å². The maximum Gasteiger partial charge on any atom is 0.182 e. The summed E-state index contributed by atoms with van der Waals surface area (Å²) < 4.78 is 27.1. The molecule has 2 nitrogen and oxygen atoms in total. The molecule has 0 aromatic heterocycles. The van der Waals surface area contributed by atoms with Gasteiger partial charge < -0.3 is 0 Å². The summed E-state index contributed by atoms with van der Waals surface area (Å²) in [4.78, 5) is 0.345. The predicted octanol–water partition coefficient (Wildman–Crippen LogP) is 5.34. The molecule has 5 heteroatoms. The van der Waals surface area contributed by atoms with Gasteiger partial charge in [-0.15, -0.1) is 0 Å². The molecule has 0 aliphatic heterocycles. The highest BCUT2D eigenvalue weighted by molar-refractivity contribution is 9.10. The third kappa shape index (κ3) is 3.26. The lowest BCUT2D eigenvalue weighted by Crippen LogP contribution is -2.05. The van der Waals surface area contributed by atoms with Crippen LogP contribution in [0.5, 0.6) is 0 Å². The molecule has 3 aromatic rings. The molecule has 0 aliphatic carbocycles. The van der Waals surface area contributed by atoms with Crippen LogP contribution in [0.2, 0.25) is 0 Å². The Kier molecular flexibility index (Phi) is 4.39. The molecule has 3 aromatic carbocycles. The van der Waals surface area contributed by atoms with Gasteiger partial charge >= 0.3 is 0 Å². The van der Waals surface area contributed by atoms with Gasteiger partial charge in [-0.2, -0.15) is 0 Å². The van der Waals surface area contributed by atoms with Crippen LogP contribution in [0, 0.1) is 0 Å². The molecule has 0 aliphatic rings. The van der Waals surface area contributed by atoms with Crippen LogP contribution in [0.15, 0.2) is 74.5 Å². The van der Waals surface area contributed by atoms with E-state index < -0.39 is 9.84 Å². The molecule has 0 spiro atoms. The summed E-state index contributed by atoms with van der Waals surface area (Å²) in [5, 5.41) is 1.92. The predicted molar refractivity (Wildman–Crippen MR) is 96.7 cm³/mol. The van der Waals surface area contributed by atoms with Crippen LogP contribution in [0.3, 0.4) is 0 Å². The molecule has 0 fully saturated rings. The summed E-state index contributed by atoms with van der Waals surface area (Å²) in [5.41, 5.74) is 0.762. The molecular weight excluding hydrogens is 428 g/mol. The minimum absolute atomic E-state index is 0.0174. The van der Waals surface area contributed by atoms with Gasteiger partial charge in [0.2, 0.25) is 0 Å². The zero-order valence-corrected chi connectivity index (χ0v) is 15.4. The van der Waals surface area contributed by atoms with Gasteiger partial charge in [0.05, 0.1) is 10.6 Å². The van der Waals surface area contributed by atoms with Gasteiger partial charge in [0.15, 0.2) is 9.84 Å². The van der Waals surface area contributed by atoms with Crippen molar-refractivity contribution in [2.75, 3.05) is 0 Å². The Balaban J connectivity index is 2.02. The first-order valence-electron chi connectivity index (χ1n) is 6.61. The second kappa shape index (κ2) is 6.14. The van der Waals surface area contributed by atoms with Crippen molar-refractivity contribution in [1.29, 1.82) is 0 Å². The van der Waals surface area contributed by atoms with Crippen molar-refractivity contribution in [3.05, 3.63) is 75.2 Å². The average Bonchev–Trinajstić information content (AvgIpc) is 2.49. The van der Waals surface area contributed by atoms with Gasteiger partial charge in [-0.05, 0) is 46.7 Å². The molecule has 3 rings (SSSR count). The van der Waals surface area contributed by atoms with E-state index in [1.807, 2.05) is 48.5 Å². The molecule has 0 N–H and O–H groups in total. The van der Waals surface area contributed by atoms with Crippen molar-refractivity contribution in [1.82, 2.24) is 0 Å². The largest absolute Gasteiger partial charge is 0.223 e. The lowest BCUT2D eigenvalue weighted by molar-refractivity contribution is 0.595. The van der Waals surface area contributed by atoms with Crippen LogP contribution in [0.1, 0.15) is 5.56 Å². The monoisotopic (exact) mass is 438 g/mol. The van der Waals surface area contributed by atoms with Crippen molar-refractivity contribution in [3.8, 4) is 0 Å². The maximum atomic E-state index is 12.6. The number of fused-ring (bicyclic) bond motifs is 1. The zero-order valence-electron chi connectivity index (χ0n) is 11.5. The summed E-state index contributed by atoms with van der Waals surface area (Å²) in [6.07, 6.45) is 0. The van der Waals surface area contributed by atoms with E-state index >= 15 is 0 Å². The Hall–Kier alpha value is -1.17. The fourth-order valence-electron chi connectivity index (χ4n) is 2.29. The minimum atomic E-state index is -3.38. The molecular formula is C17H12Br2O2S. The fourth-order valence-corrected chi connectivity index (χ4v) is 4.69. The molecule has 0 amide bonds. The first kappa shape index (κ1) is 15.7. The molecule has 22 heavy (non-hydrogen) atoms. The zero-order chi connectivity index (χ0) is 15.7. The quantitative estimate of drug-likeness (QED) is 0.552. The van der Waals surface area contributed by atoms with Gasteiger partial charge in [0, 0.05) is 8.95 Å². The molecule has 0 saturated heterocycles. The third-order valence-corrected chi connectivity index (χ3v) is 6.37. The van der Waals surface area contributed by atoms with E-state index in [0.29, 0.717) is 4.90 Å². The van der Waals surface area contributed by atoms with Crippen LogP contribution in [0.4, 0.5) is 0 Å². The van der Waals surface area contributed by atoms with Gasteiger partial charge in [-0.3, -0.25) is 0 Å². The number of sulfone groups is 1. The molecule has 0 unspecified atom stereocenters. The van der Waals surface area contributed by atoms with Crippen LogP contribution >= 0.6 is 31.9 Å². The molecule has 0 heterocycles. The number of benzene rings is 3. The van der Waals surface area contributed by atoms with Gasteiger partial charge in [-0.1, -0.05) is 62.2 Å². The highest BCUT2D eigenvalue weighted by Gasteiger charge is 2.17. The SMILES string of the molecule is O=S(=O)(Cc1ccccc1Br)c1ccc2cc(Br)ccc2c1. The van der Waals surface area contributed by atoms with Crippen molar-refractivity contribution >= 4 is 52.5 Å². The number of rotatable bonds is 3. The molecule has 0 atom stereocenters. The van der Waals surface area contributed by atoms with E-state index in [-0.39, 0.29) is 5.75 Å². The van der Waals surface area contributed by atoms with E-state index in [1.165, 1.54) is 0 Å². The molecule has 0 bridgehead atoms. The van der Waals surface area contributed by atoms with E-state index in [0.717, 1.165) is 25.3 Å². The second-order valence-corrected chi connectivity index (χ2v) is 8.76. The van der Waals surface area contributed by atoms with Crippen molar-refractivity contribution in [2.45, 2.75) is 10.6 Å². The van der Waals surface area contributed by atoms with Crippen LogP contribution in [0.25, 0.3) is 10.8 Å². The summed E-state index contributed by atoms with van der Waals surface area (Å²) in [5.74, 6) is -0.0174. The topological polar surface area (TPSA) is 34.1 Å². The Bertz CT molecular complexity index is 950. The van der Waals surface area contributed by atoms with Crippen LogP contribution in [-0.4, -0.2) is 8.42 Å². The molecule has 0 radical (unpaired) electrons. The summed E-state index contributed by atoms with van der Waals surface area (Å²) >= 11 is 6.82. The van der Waals surface area contributed by atoms with Crippen LogP contribution in [-0.2, 0) is 15.6 Å². The Labute approximate surface area is 146 Å². The lowest BCUT2D eigenvalue weighted by atomic mass is 10.1. The standard InChI is InChI=1S/C17H12Br2O2S/c18-15-7-5-13-10-16(8-6-12(13)9-15)22(20,21)11-14-3-1-2-4-17(14)19/h1-10H,11H2. The summed E-state index contributed by atoms with van der Waals surface area (Å²) in [7, 11) is -3.38. The highest BCUT2D eigenvalue weighted by atomic mass is 79.9. The third-order valence-electron chi connectivity index (χ3n) is 3.44. The van der Waals surface area contributed by atoms with Crippen LogP contribution < -0.4 is 0 Å². The van der Waals surface area contributed by atoms with E-state index in [1.54, 1.807) is 12.1 Å². The average molecular weight is 440 g/mol. The van der Waals surface area contributed by atoms with E-state index in [9.17, 15) is 8.42 Å². The number of hydrogen-bond acceptors (Lipinski definition) is 2. The van der Waals surface area contributed by atoms with Crippen molar-refractivity contribution in [3.63, 3.8) is 0 Å². The molecule has 112 valence electrons. The first-order chi connectivity index (χ1) is 10.5. The number of hydrogen-bond donors (Lipinski definition) is 0. The smallest absolute Gasteiger partial charge is 0.182 e. The van der Waals surface area contributed by atoms with E-state index in [2.05, 4.69) is 31.9 Å². The Morgan fingerprint density at radius 1 is 0.818 bits per heavy atom. The maximum absolute atomic E-state index is 12.6. The first-order valence-corrected chi connectivity index (χ1v) is 9.85. The van der Waals surface area contributed by atoms with Crippen molar-refractivity contribution < 1.29 is 8.42 Å². The summed E-state index contributed by atoms with van der Waals surface area (Å²) in [6, 6.07) is 18.4. The Morgan fingerprint density at radius 3 is 2.27 bits per heavy atom. The van der Waals surface area contributed by atoms with Gasteiger partial charge in [0.25, 0.3) is 0 Å². The highest BCUT2D eigenvalue weighted by Crippen LogP contribution is 2.26. The Morgan fingerprint density at radius 2 is 1.50 bits per heavy atom. The summed E-state index contributed by atoms with van der Waals surface area (Å²) in [6.45, 7) is 0. The minimum Gasteiger partial charge on any atom is -0.223 e. The number of halogens is 2. The fraction of sp³-hybridized carbons (Fsp3) is 0.0588. The second-order valence-electron chi connectivity index (χ2n) is 5.00. The van der Waals surface area contributed by atoms with Crippen molar-refractivity contribution in [2.24, 2.45) is 0 Å². The lowest BCUT2D eigenvalue weighted by Gasteiger charge is -2.08. The van der Waals surface area contributed by atoms with E-state index in [4.69, 9.17) is 0 Å². The normalized spacial score (nSPS) is 11.7.